The highest BCUT2D eigenvalue weighted by Crippen LogP contribution is 2.23. The SMILES string of the molecule is COC(=O)CCCc1ncc(-c2ccc(OC)cc2)o1. The van der Waals surface area contributed by atoms with E-state index in [0.717, 1.165) is 11.3 Å². The fourth-order valence-electron chi connectivity index (χ4n) is 1.80. The van der Waals surface area contributed by atoms with Crippen LogP contribution in [0.1, 0.15) is 18.7 Å². The van der Waals surface area contributed by atoms with Crippen molar-refractivity contribution in [2.75, 3.05) is 14.2 Å². The van der Waals surface area contributed by atoms with E-state index < -0.39 is 0 Å². The number of benzene rings is 1. The van der Waals surface area contributed by atoms with Crippen molar-refractivity contribution in [3.8, 4) is 17.1 Å². The van der Waals surface area contributed by atoms with Gasteiger partial charge in [0.2, 0.25) is 0 Å². The summed E-state index contributed by atoms with van der Waals surface area (Å²) in [5.74, 6) is 1.92. The van der Waals surface area contributed by atoms with E-state index in [1.165, 1.54) is 7.11 Å². The van der Waals surface area contributed by atoms with E-state index in [1.807, 2.05) is 24.3 Å². The number of carbonyl (C=O) groups excluding carboxylic acids is 1. The minimum atomic E-state index is -0.216. The summed E-state index contributed by atoms with van der Waals surface area (Å²) in [4.78, 5) is 15.2. The van der Waals surface area contributed by atoms with Crippen LogP contribution in [-0.4, -0.2) is 25.2 Å². The molecule has 2 rings (SSSR count). The van der Waals surface area contributed by atoms with Gasteiger partial charge in [-0.05, 0) is 30.7 Å². The Morgan fingerprint density at radius 2 is 2.00 bits per heavy atom. The van der Waals surface area contributed by atoms with Gasteiger partial charge in [0.15, 0.2) is 11.7 Å². The van der Waals surface area contributed by atoms with E-state index in [9.17, 15) is 4.79 Å². The maximum absolute atomic E-state index is 11.0. The Morgan fingerprint density at radius 3 is 2.65 bits per heavy atom. The number of oxazole rings is 1. The average Bonchev–Trinajstić information content (AvgIpc) is 2.96. The summed E-state index contributed by atoms with van der Waals surface area (Å²) >= 11 is 0. The number of carbonyl (C=O) groups is 1. The highest BCUT2D eigenvalue weighted by atomic mass is 16.5. The third-order valence-corrected chi connectivity index (χ3v) is 2.93. The third-order valence-electron chi connectivity index (χ3n) is 2.93. The molecular weight excluding hydrogens is 258 g/mol. The molecule has 20 heavy (non-hydrogen) atoms. The molecule has 0 aliphatic heterocycles. The topological polar surface area (TPSA) is 61.6 Å². The van der Waals surface area contributed by atoms with Crippen molar-refractivity contribution in [1.29, 1.82) is 0 Å². The Bertz CT molecular complexity index is 560. The van der Waals surface area contributed by atoms with Crippen molar-refractivity contribution >= 4 is 5.97 Å². The maximum Gasteiger partial charge on any atom is 0.305 e. The molecule has 1 heterocycles. The van der Waals surface area contributed by atoms with Gasteiger partial charge < -0.3 is 13.9 Å². The van der Waals surface area contributed by atoms with Crippen LogP contribution in [0, 0.1) is 0 Å². The number of aryl methyl sites for hydroxylation is 1. The van der Waals surface area contributed by atoms with E-state index in [1.54, 1.807) is 13.3 Å². The van der Waals surface area contributed by atoms with Gasteiger partial charge in [-0.15, -0.1) is 0 Å². The lowest BCUT2D eigenvalue weighted by atomic mass is 10.2. The number of aromatic nitrogens is 1. The smallest absolute Gasteiger partial charge is 0.305 e. The minimum absolute atomic E-state index is 0.216. The summed E-state index contributed by atoms with van der Waals surface area (Å²) in [7, 11) is 3.01. The first kappa shape index (κ1) is 14.1. The lowest BCUT2D eigenvalue weighted by Gasteiger charge is -2.00. The van der Waals surface area contributed by atoms with Crippen molar-refractivity contribution < 1.29 is 18.7 Å². The van der Waals surface area contributed by atoms with E-state index in [4.69, 9.17) is 9.15 Å². The quantitative estimate of drug-likeness (QED) is 0.759. The number of rotatable bonds is 6. The number of esters is 1. The molecule has 1 aromatic carbocycles. The number of hydrogen-bond donors (Lipinski definition) is 0. The fraction of sp³-hybridized carbons (Fsp3) is 0.333. The van der Waals surface area contributed by atoms with Crippen LogP contribution >= 0.6 is 0 Å². The zero-order chi connectivity index (χ0) is 14.4. The van der Waals surface area contributed by atoms with Crippen LogP contribution in [0.5, 0.6) is 5.75 Å². The summed E-state index contributed by atoms with van der Waals surface area (Å²) in [6, 6.07) is 7.57. The molecule has 0 spiro atoms. The summed E-state index contributed by atoms with van der Waals surface area (Å²) in [5.41, 5.74) is 0.942. The number of methoxy groups -OCH3 is 2. The Kier molecular flexibility index (Phi) is 4.76. The lowest BCUT2D eigenvalue weighted by Crippen LogP contribution is -2.00. The average molecular weight is 275 g/mol. The lowest BCUT2D eigenvalue weighted by molar-refractivity contribution is -0.140. The summed E-state index contributed by atoms with van der Waals surface area (Å²) in [6.07, 6.45) is 3.34. The van der Waals surface area contributed by atoms with Gasteiger partial charge in [-0.2, -0.15) is 0 Å². The van der Waals surface area contributed by atoms with Crippen LogP contribution in [-0.2, 0) is 16.0 Å². The molecule has 0 aliphatic rings. The van der Waals surface area contributed by atoms with Crippen LogP contribution < -0.4 is 4.74 Å². The second kappa shape index (κ2) is 6.75. The summed E-state index contributed by atoms with van der Waals surface area (Å²) < 4.78 is 15.3. The molecule has 0 saturated carbocycles. The highest BCUT2D eigenvalue weighted by Gasteiger charge is 2.08. The van der Waals surface area contributed by atoms with Crippen LogP contribution in [0.25, 0.3) is 11.3 Å². The number of ether oxygens (including phenoxy) is 2. The fourth-order valence-corrected chi connectivity index (χ4v) is 1.80. The molecule has 0 amide bonds. The molecule has 5 nitrogen and oxygen atoms in total. The molecule has 0 fully saturated rings. The second-order valence-electron chi connectivity index (χ2n) is 4.28. The zero-order valence-corrected chi connectivity index (χ0v) is 11.6. The Morgan fingerprint density at radius 1 is 1.25 bits per heavy atom. The molecule has 0 unspecified atom stereocenters. The van der Waals surface area contributed by atoms with Crippen LogP contribution in [0.3, 0.4) is 0 Å². The molecule has 106 valence electrons. The Balaban J connectivity index is 1.95. The Hall–Kier alpha value is -2.30. The monoisotopic (exact) mass is 275 g/mol. The van der Waals surface area contributed by atoms with Gasteiger partial charge >= 0.3 is 5.97 Å². The summed E-state index contributed by atoms with van der Waals surface area (Å²) in [5, 5.41) is 0. The first-order valence-corrected chi connectivity index (χ1v) is 6.39. The van der Waals surface area contributed by atoms with E-state index in [-0.39, 0.29) is 5.97 Å². The van der Waals surface area contributed by atoms with Gasteiger partial charge in [-0.3, -0.25) is 4.79 Å². The van der Waals surface area contributed by atoms with E-state index in [0.29, 0.717) is 30.9 Å². The van der Waals surface area contributed by atoms with Gasteiger partial charge in [0.25, 0.3) is 0 Å². The standard InChI is InChI=1S/C15H17NO4/c1-18-12-8-6-11(7-9-12)13-10-16-14(20-13)4-3-5-15(17)19-2/h6-10H,3-5H2,1-2H3. The molecule has 0 aliphatic carbocycles. The normalized spacial score (nSPS) is 10.3. The first-order valence-electron chi connectivity index (χ1n) is 6.39. The van der Waals surface area contributed by atoms with Crippen molar-refractivity contribution in [2.24, 2.45) is 0 Å². The predicted octanol–water partition coefficient (Wildman–Crippen LogP) is 2.85. The molecule has 0 bridgehead atoms. The highest BCUT2D eigenvalue weighted by molar-refractivity contribution is 5.69. The molecule has 5 heteroatoms. The zero-order valence-electron chi connectivity index (χ0n) is 11.6. The van der Waals surface area contributed by atoms with Gasteiger partial charge in [0.05, 0.1) is 20.4 Å². The van der Waals surface area contributed by atoms with Gasteiger partial charge in [-0.25, -0.2) is 4.98 Å². The number of nitrogens with zero attached hydrogens (tertiary/aromatic N) is 1. The van der Waals surface area contributed by atoms with Crippen molar-refractivity contribution in [1.82, 2.24) is 4.98 Å². The van der Waals surface area contributed by atoms with Gasteiger partial charge in [0.1, 0.15) is 5.75 Å². The largest absolute Gasteiger partial charge is 0.497 e. The minimum Gasteiger partial charge on any atom is -0.497 e. The van der Waals surface area contributed by atoms with E-state index >= 15 is 0 Å². The first-order chi connectivity index (χ1) is 9.72. The predicted molar refractivity (Wildman–Crippen MR) is 73.4 cm³/mol. The number of hydrogen-bond acceptors (Lipinski definition) is 5. The molecule has 0 N–H and O–H groups in total. The van der Waals surface area contributed by atoms with Crippen LogP contribution in [0.4, 0.5) is 0 Å². The van der Waals surface area contributed by atoms with Gasteiger partial charge in [-0.1, -0.05) is 0 Å². The van der Waals surface area contributed by atoms with Crippen LogP contribution in [0.15, 0.2) is 34.9 Å². The molecule has 1 aromatic heterocycles. The molecule has 2 aromatic rings. The molecule has 0 radical (unpaired) electrons. The molecule has 0 saturated heterocycles. The third kappa shape index (κ3) is 3.60. The van der Waals surface area contributed by atoms with Crippen molar-refractivity contribution in [3.63, 3.8) is 0 Å². The van der Waals surface area contributed by atoms with E-state index in [2.05, 4.69) is 9.72 Å². The molecule has 0 atom stereocenters. The second-order valence-corrected chi connectivity index (χ2v) is 4.28. The molecular formula is C15H17NO4. The maximum atomic E-state index is 11.0. The van der Waals surface area contributed by atoms with Crippen LogP contribution in [0.2, 0.25) is 0 Å². The van der Waals surface area contributed by atoms with Crippen molar-refractivity contribution in [3.05, 3.63) is 36.4 Å². The Labute approximate surface area is 117 Å². The van der Waals surface area contributed by atoms with Gasteiger partial charge in [0, 0.05) is 18.4 Å². The summed E-state index contributed by atoms with van der Waals surface area (Å²) in [6.45, 7) is 0. The van der Waals surface area contributed by atoms with Crippen molar-refractivity contribution in [2.45, 2.75) is 19.3 Å².